The number of carbonyl (C=O) groups excluding carboxylic acids is 1. The molecule has 0 radical (unpaired) electrons. The van der Waals surface area contributed by atoms with Crippen molar-refractivity contribution in [3.8, 4) is 12.3 Å². The van der Waals surface area contributed by atoms with Gasteiger partial charge in [-0.25, -0.2) is 0 Å². The number of nitrogens with two attached hydrogens (primary N) is 1. The number of benzene rings is 1. The molecule has 4 heteroatoms. The number of hydrogen-bond acceptors (Lipinski definition) is 2. The maximum absolute atomic E-state index is 11.4. The van der Waals surface area contributed by atoms with Crippen LogP contribution in [0.3, 0.4) is 0 Å². The van der Waals surface area contributed by atoms with Gasteiger partial charge in [-0.05, 0) is 18.2 Å². The number of anilines is 1. The molecule has 0 spiro atoms. The zero-order chi connectivity index (χ0) is 10.6. The van der Waals surface area contributed by atoms with Crippen LogP contribution < -0.4 is 11.1 Å². The largest absolute Gasteiger partial charge is 0.399 e. The number of hydrogen-bond donors (Lipinski definition) is 2. The minimum atomic E-state index is -0.226. The van der Waals surface area contributed by atoms with E-state index in [2.05, 4.69) is 27.2 Å². The maximum atomic E-state index is 11.4. The minimum Gasteiger partial charge on any atom is -0.399 e. The van der Waals surface area contributed by atoms with Crippen molar-refractivity contribution in [3.63, 3.8) is 0 Å². The van der Waals surface area contributed by atoms with Crippen LogP contribution in [0, 0.1) is 12.3 Å². The van der Waals surface area contributed by atoms with Gasteiger partial charge >= 0.3 is 0 Å². The Balaban J connectivity index is 2.85. The van der Waals surface area contributed by atoms with Crippen LogP contribution in [0.25, 0.3) is 0 Å². The molecule has 0 aliphatic heterocycles. The van der Waals surface area contributed by atoms with E-state index in [-0.39, 0.29) is 12.5 Å². The molecule has 0 bridgehead atoms. The highest BCUT2D eigenvalue weighted by molar-refractivity contribution is 9.10. The van der Waals surface area contributed by atoms with E-state index in [4.69, 9.17) is 12.2 Å². The first-order valence-electron chi connectivity index (χ1n) is 3.91. The van der Waals surface area contributed by atoms with Crippen molar-refractivity contribution in [3.05, 3.63) is 28.2 Å². The summed E-state index contributed by atoms with van der Waals surface area (Å²) < 4.78 is 0.767. The molecule has 0 aliphatic carbocycles. The van der Waals surface area contributed by atoms with E-state index >= 15 is 0 Å². The quantitative estimate of drug-likeness (QED) is 0.618. The maximum Gasteiger partial charge on any atom is 0.252 e. The molecule has 0 saturated carbocycles. The van der Waals surface area contributed by atoms with E-state index in [0.29, 0.717) is 11.3 Å². The van der Waals surface area contributed by atoms with Gasteiger partial charge in [0, 0.05) is 15.7 Å². The molecule has 1 aromatic rings. The first kappa shape index (κ1) is 10.6. The lowest BCUT2D eigenvalue weighted by atomic mass is 10.2. The fourth-order valence-electron chi connectivity index (χ4n) is 0.977. The third-order valence-electron chi connectivity index (χ3n) is 1.53. The second-order valence-corrected chi connectivity index (χ2v) is 3.58. The zero-order valence-corrected chi connectivity index (χ0v) is 8.97. The lowest BCUT2D eigenvalue weighted by Gasteiger charge is -2.03. The van der Waals surface area contributed by atoms with Gasteiger partial charge in [0.1, 0.15) is 0 Å². The van der Waals surface area contributed by atoms with E-state index in [1.807, 2.05) is 0 Å². The summed E-state index contributed by atoms with van der Waals surface area (Å²) in [6.45, 7) is 0.214. The van der Waals surface area contributed by atoms with E-state index < -0.39 is 0 Å². The lowest BCUT2D eigenvalue weighted by Crippen LogP contribution is -2.23. The fraction of sp³-hybridized carbons (Fsp3) is 0.100. The Labute approximate surface area is 90.8 Å². The van der Waals surface area contributed by atoms with Gasteiger partial charge in [0.2, 0.25) is 0 Å². The Bertz CT molecular complexity index is 375. The SMILES string of the molecule is C#CCNC(=O)c1cc(N)cc(Br)c1. The normalized spacial score (nSPS) is 9.14. The topological polar surface area (TPSA) is 55.1 Å². The second kappa shape index (κ2) is 4.68. The fourth-order valence-corrected chi connectivity index (χ4v) is 1.49. The van der Waals surface area contributed by atoms with E-state index in [9.17, 15) is 4.79 Å². The van der Waals surface area contributed by atoms with Crippen LogP contribution in [0.5, 0.6) is 0 Å². The first-order valence-corrected chi connectivity index (χ1v) is 4.70. The van der Waals surface area contributed by atoms with Gasteiger partial charge < -0.3 is 11.1 Å². The number of nitrogen functional groups attached to an aromatic ring is 1. The number of halogens is 1. The lowest BCUT2D eigenvalue weighted by molar-refractivity contribution is 0.0958. The highest BCUT2D eigenvalue weighted by Gasteiger charge is 2.05. The van der Waals surface area contributed by atoms with Crippen molar-refractivity contribution < 1.29 is 4.79 Å². The summed E-state index contributed by atoms with van der Waals surface area (Å²) in [5.41, 5.74) is 6.60. The molecule has 0 atom stereocenters. The summed E-state index contributed by atoms with van der Waals surface area (Å²) in [7, 11) is 0. The number of carbonyl (C=O) groups is 1. The monoisotopic (exact) mass is 252 g/mol. The van der Waals surface area contributed by atoms with Gasteiger partial charge in [-0.3, -0.25) is 4.79 Å². The summed E-state index contributed by atoms with van der Waals surface area (Å²) in [6, 6.07) is 5.00. The van der Waals surface area contributed by atoms with E-state index in [1.165, 1.54) is 0 Å². The molecular weight excluding hydrogens is 244 g/mol. The van der Waals surface area contributed by atoms with Crippen molar-refractivity contribution in [2.45, 2.75) is 0 Å². The van der Waals surface area contributed by atoms with Crippen LogP contribution in [0.1, 0.15) is 10.4 Å². The zero-order valence-electron chi connectivity index (χ0n) is 7.38. The third kappa shape index (κ3) is 2.79. The molecule has 1 amide bonds. The van der Waals surface area contributed by atoms with Gasteiger partial charge in [0.05, 0.1) is 6.54 Å². The van der Waals surface area contributed by atoms with Gasteiger partial charge in [-0.2, -0.15) is 0 Å². The van der Waals surface area contributed by atoms with Gasteiger partial charge in [0.15, 0.2) is 0 Å². The average molecular weight is 253 g/mol. The summed E-state index contributed by atoms with van der Waals surface area (Å²) in [4.78, 5) is 11.4. The third-order valence-corrected chi connectivity index (χ3v) is 1.99. The molecular formula is C10H9BrN2O. The van der Waals surface area contributed by atoms with Crippen LogP contribution >= 0.6 is 15.9 Å². The highest BCUT2D eigenvalue weighted by Crippen LogP contribution is 2.16. The Kier molecular flexibility index (Phi) is 3.55. The summed E-state index contributed by atoms with van der Waals surface area (Å²) in [5.74, 6) is 2.10. The molecule has 0 fully saturated rings. The standard InChI is InChI=1S/C10H9BrN2O/c1-2-3-13-10(14)7-4-8(11)6-9(12)5-7/h1,4-6H,3,12H2,(H,13,14). The summed E-state index contributed by atoms with van der Waals surface area (Å²) in [5, 5.41) is 2.55. The van der Waals surface area contributed by atoms with Crippen LogP contribution in [0.15, 0.2) is 22.7 Å². The molecule has 1 rings (SSSR count). The predicted octanol–water partition coefficient (Wildman–Crippen LogP) is 1.39. The van der Waals surface area contributed by atoms with Crippen molar-refractivity contribution in [1.29, 1.82) is 0 Å². The molecule has 14 heavy (non-hydrogen) atoms. The van der Waals surface area contributed by atoms with E-state index in [0.717, 1.165) is 4.47 Å². The van der Waals surface area contributed by atoms with Crippen LogP contribution in [-0.4, -0.2) is 12.5 Å². The van der Waals surface area contributed by atoms with Crippen LogP contribution in [0.2, 0.25) is 0 Å². The number of terminal acetylenes is 1. The van der Waals surface area contributed by atoms with Crippen molar-refractivity contribution in [2.24, 2.45) is 0 Å². The molecule has 0 unspecified atom stereocenters. The van der Waals surface area contributed by atoms with Crippen molar-refractivity contribution >= 4 is 27.5 Å². The molecule has 0 saturated heterocycles. The Morgan fingerprint density at radius 2 is 2.29 bits per heavy atom. The molecule has 3 N–H and O–H groups in total. The van der Waals surface area contributed by atoms with Gasteiger partial charge in [-0.1, -0.05) is 21.9 Å². The number of nitrogens with one attached hydrogen (secondary N) is 1. The minimum absolute atomic E-state index is 0.214. The molecule has 0 aromatic heterocycles. The molecule has 0 aliphatic rings. The molecule has 1 aromatic carbocycles. The van der Waals surface area contributed by atoms with Crippen LogP contribution in [-0.2, 0) is 0 Å². The van der Waals surface area contributed by atoms with Crippen molar-refractivity contribution in [1.82, 2.24) is 5.32 Å². The van der Waals surface area contributed by atoms with E-state index in [1.54, 1.807) is 18.2 Å². The Morgan fingerprint density at radius 3 is 2.86 bits per heavy atom. The van der Waals surface area contributed by atoms with Gasteiger partial charge in [0.25, 0.3) is 5.91 Å². The summed E-state index contributed by atoms with van der Waals surface area (Å²) in [6.07, 6.45) is 5.02. The molecule has 0 heterocycles. The van der Waals surface area contributed by atoms with Crippen LogP contribution in [0.4, 0.5) is 5.69 Å². The number of amides is 1. The predicted molar refractivity (Wildman–Crippen MR) is 59.7 cm³/mol. The van der Waals surface area contributed by atoms with Crippen molar-refractivity contribution in [2.75, 3.05) is 12.3 Å². The highest BCUT2D eigenvalue weighted by atomic mass is 79.9. The number of rotatable bonds is 2. The molecule has 3 nitrogen and oxygen atoms in total. The smallest absolute Gasteiger partial charge is 0.252 e. The summed E-state index contributed by atoms with van der Waals surface area (Å²) >= 11 is 3.25. The van der Waals surface area contributed by atoms with Gasteiger partial charge in [-0.15, -0.1) is 6.42 Å². The Hall–Kier alpha value is -1.47. The first-order chi connectivity index (χ1) is 6.63. The average Bonchev–Trinajstić information content (AvgIpc) is 2.12. The second-order valence-electron chi connectivity index (χ2n) is 2.66. The Morgan fingerprint density at radius 1 is 1.57 bits per heavy atom. The molecule has 72 valence electrons.